The van der Waals surface area contributed by atoms with Crippen molar-refractivity contribution in [3.05, 3.63) is 64.8 Å². The number of benzene rings is 2. The molecular weight excluding hydrogens is 350 g/mol. The van der Waals surface area contributed by atoms with Crippen LogP contribution in [0.5, 0.6) is 5.75 Å². The third-order valence-corrected chi connectivity index (χ3v) is 4.03. The topological polar surface area (TPSA) is 74.1 Å². The quantitative estimate of drug-likeness (QED) is 0.559. The summed E-state index contributed by atoms with van der Waals surface area (Å²) in [5, 5.41) is 15.3. The van der Waals surface area contributed by atoms with Gasteiger partial charge in [0, 0.05) is 17.6 Å². The molecule has 0 saturated heterocycles. The maximum Gasteiger partial charge on any atom is 0.267 e. The Labute approximate surface area is 158 Å². The summed E-state index contributed by atoms with van der Waals surface area (Å²) in [6.45, 7) is 4.20. The number of hydrogen-bond donors (Lipinski definition) is 2. The summed E-state index contributed by atoms with van der Waals surface area (Å²) in [7, 11) is 1.53. The van der Waals surface area contributed by atoms with Gasteiger partial charge < -0.3 is 15.4 Å². The standard InChI is InChI=1S/C20H20ClN3O2/c1-13(2)14-4-6-16(7-5-14)24-20(25)15(11-22)12-23-17-8-9-19(26-3)18(21)10-17/h4-10,12-13,23H,1-3H3,(H,24,25)/b15-12-. The fourth-order valence-corrected chi connectivity index (χ4v) is 2.47. The molecule has 5 nitrogen and oxygen atoms in total. The number of ether oxygens (including phenoxy) is 1. The number of amides is 1. The molecule has 2 aromatic rings. The first-order valence-corrected chi connectivity index (χ1v) is 8.44. The summed E-state index contributed by atoms with van der Waals surface area (Å²) in [6, 6.07) is 14.5. The van der Waals surface area contributed by atoms with Gasteiger partial charge in [-0.1, -0.05) is 37.6 Å². The van der Waals surface area contributed by atoms with Gasteiger partial charge in [0.15, 0.2) is 0 Å². The highest BCUT2D eigenvalue weighted by atomic mass is 35.5. The van der Waals surface area contributed by atoms with Crippen LogP contribution in [0.2, 0.25) is 5.02 Å². The van der Waals surface area contributed by atoms with E-state index in [1.807, 2.05) is 30.3 Å². The SMILES string of the molecule is COc1ccc(N/C=C(/C#N)C(=O)Nc2ccc(C(C)C)cc2)cc1Cl. The van der Waals surface area contributed by atoms with Crippen molar-refractivity contribution in [1.82, 2.24) is 0 Å². The fourth-order valence-electron chi connectivity index (χ4n) is 2.21. The van der Waals surface area contributed by atoms with Gasteiger partial charge in [-0.25, -0.2) is 0 Å². The molecule has 1 amide bonds. The van der Waals surface area contributed by atoms with Crippen LogP contribution in [-0.4, -0.2) is 13.0 Å². The van der Waals surface area contributed by atoms with Crippen LogP contribution >= 0.6 is 11.6 Å². The molecule has 0 aliphatic heterocycles. The van der Waals surface area contributed by atoms with E-state index in [0.717, 1.165) is 0 Å². The normalized spacial score (nSPS) is 11.0. The molecule has 0 heterocycles. The summed E-state index contributed by atoms with van der Waals surface area (Å²) in [5.41, 5.74) is 2.40. The second-order valence-corrected chi connectivity index (χ2v) is 6.30. The van der Waals surface area contributed by atoms with E-state index >= 15 is 0 Å². The Morgan fingerprint density at radius 2 is 1.85 bits per heavy atom. The molecule has 0 aliphatic rings. The van der Waals surface area contributed by atoms with Crippen LogP contribution < -0.4 is 15.4 Å². The molecule has 0 radical (unpaired) electrons. The number of nitrogens with one attached hydrogen (secondary N) is 2. The molecule has 0 aromatic heterocycles. The molecule has 0 bridgehead atoms. The predicted molar refractivity (Wildman–Crippen MR) is 104 cm³/mol. The molecule has 0 spiro atoms. The number of hydrogen-bond acceptors (Lipinski definition) is 4. The first kappa shape index (κ1) is 19.4. The maximum absolute atomic E-state index is 12.3. The second-order valence-electron chi connectivity index (χ2n) is 5.89. The van der Waals surface area contributed by atoms with Gasteiger partial charge in [0.25, 0.3) is 5.91 Å². The smallest absolute Gasteiger partial charge is 0.267 e. The Hall–Kier alpha value is -2.97. The molecule has 26 heavy (non-hydrogen) atoms. The van der Waals surface area contributed by atoms with Crippen LogP contribution in [0.4, 0.5) is 11.4 Å². The highest BCUT2D eigenvalue weighted by Gasteiger charge is 2.10. The average molecular weight is 370 g/mol. The van der Waals surface area contributed by atoms with E-state index in [1.165, 1.54) is 18.9 Å². The van der Waals surface area contributed by atoms with Crippen LogP contribution in [0, 0.1) is 11.3 Å². The van der Waals surface area contributed by atoms with E-state index in [4.69, 9.17) is 16.3 Å². The van der Waals surface area contributed by atoms with Crippen LogP contribution in [-0.2, 0) is 4.79 Å². The van der Waals surface area contributed by atoms with Gasteiger partial charge in [-0.05, 0) is 41.8 Å². The third kappa shape index (κ3) is 5.01. The monoisotopic (exact) mass is 369 g/mol. The van der Waals surface area contributed by atoms with Gasteiger partial charge >= 0.3 is 0 Å². The largest absolute Gasteiger partial charge is 0.495 e. The summed E-state index contributed by atoms with van der Waals surface area (Å²) < 4.78 is 5.08. The first-order valence-electron chi connectivity index (χ1n) is 8.06. The summed E-state index contributed by atoms with van der Waals surface area (Å²) in [5.74, 6) is 0.469. The Morgan fingerprint density at radius 3 is 2.38 bits per heavy atom. The summed E-state index contributed by atoms with van der Waals surface area (Å²) in [6.07, 6.45) is 1.34. The van der Waals surface area contributed by atoms with Crippen molar-refractivity contribution in [2.24, 2.45) is 0 Å². The van der Waals surface area contributed by atoms with Crippen molar-refractivity contribution in [2.75, 3.05) is 17.7 Å². The average Bonchev–Trinajstić information content (AvgIpc) is 2.62. The zero-order valence-corrected chi connectivity index (χ0v) is 15.6. The number of nitriles is 1. The Balaban J connectivity index is 2.07. The van der Waals surface area contributed by atoms with Crippen molar-refractivity contribution in [2.45, 2.75) is 19.8 Å². The molecule has 2 rings (SSSR count). The van der Waals surface area contributed by atoms with Crippen LogP contribution in [0.25, 0.3) is 0 Å². The van der Waals surface area contributed by atoms with E-state index in [9.17, 15) is 10.1 Å². The van der Waals surface area contributed by atoms with E-state index in [2.05, 4.69) is 24.5 Å². The summed E-state index contributed by atoms with van der Waals surface area (Å²) >= 11 is 6.05. The van der Waals surface area contributed by atoms with Gasteiger partial charge in [0.1, 0.15) is 17.4 Å². The van der Waals surface area contributed by atoms with E-state index in [1.54, 1.807) is 18.2 Å². The minimum Gasteiger partial charge on any atom is -0.495 e. The molecule has 134 valence electrons. The number of nitrogens with zero attached hydrogens (tertiary/aromatic N) is 1. The first-order chi connectivity index (χ1) is 12.4. The minimum absolute atomic E-state index is 0.0510. The lowest BCUT2D eigenvalue weighted by Gasteiger charge is -2.09. The van der Waals surface area contributed by atoms with Gasteiger partial charge in [-0.3, -0.25) is 4.79 Å². The number of anilines is 2. The second kappa shape index (κ2) is 8.93. The fraction of sp³-hybridized carbons (Fsp3) is 0.200. The highest BCUT2D eigenvalue weighted by Crippen LogP contribution is 2.27. The lowest BCUT2D eigenvalue weighted by Crippen LogP contribution is -2.14. The number of methoxy groups -OCH3 is 1. The Kier molecular flexibility index (Phi) is 6.65. The maximum atomic E-state index is 12.3. The number of rotatable bonds is 6. The van der Waals surface area contributed by atoms with Crippen LogP contribution in [0.3, 0.4) is 0 Å². The predicted octanol–water partition coefficient (Wildman–Crippen LogP) is 4.93. The molecule has 2 aromatic carbocycles. The van der Waals surface area contributed by atoms with Crippen LogP contribution in [0.15, 0.2) is 54.2 Å². The third-order valence-electron chi connectivity index (χ3n) is 3.74. The molecule has 0 aliphatic carbocycles. The Bertz CT molecular complexity index is 852. The van der Waals surface area contributed by atoms with E-state index in [0.29, 0.717) is 28.1 Å². The van der Waals surface area contributed by atoms with Crippen LogP contribution in [0.1, 0.15) is 25.3 Å². The number of carbonyl (C=O) groups excluding carboxylic acids is 1. The van der Waals surface area contributed by atoms with Crippen molar-refractivity contribution < 1.29 is 9.53 Å². The lowest BCUT2D eigenvalue weighted by molar-refractivity contribution is -0.112. The molecule has 0 unspecified atom stereocenters. The van der Waals surface area contributed by atoms with Gasteiger partial charge in [0.05, 0.1) is 12.1 Å². The van der Waals surface area contributed by atoms with Crippen molar-refractivity contribution in [3.8, 4) is 11.8 Å². The zero-order valence-electron chi connectivity index (χ0n) is 14.8. The molecule has 2 N–H and O–H groups in total. The van der Waals surface area contributed by atoms with E-state index < -0.39 is 5.91 Å². The molecule has 6 heteroatoms. The minimum atomic E-state index is -0.489. The van der Waals surface area contributed by atoms with Crippen molar-refractivity contribution >= 4 is 28.9 Å². The number of halogens is 1. The summed E-state index contributed by atoms with van der Waals surface area (Å²) in [4.78, 5) is 12.3. The Morgan fingerprint density at radius 1 is 1.19 bits per heavy atom. The van der Waals surface area contributed by atoms with Gasteiger partial charge in [-0.15, -0.1) is 0 Å². The molecular formula is C20H20ClN3O2. The van der Waals surface area contributed by atoms with Gasteiger partial charge in [0.2, 0.25) is 0 Å². The molecule has 0 fully saturated rings. The lowest BCUT2D eigenvalue weighted by atomic mass is 10.0. The highest BCUT2D eigenvalue weighted by molar-refractivity contribution is 6.32. The molecule has 0 saturated carbocycles. The molecule has 0 atom stereocenters. The zero-order chi connectivity index (χ0) is 19.1. The van der Waals surface area contributed by atoms with Gasteiger partial charge in [-0.2, -0.15) is 5.26 Å². The number of carbonyl (C=O) groups is 1. The van der Waals surface area contributed by atoms with E-state index in [-0.39, 0.29) is 5.57 Å². The van der Waals surface area contributed by atoms with Crippen molar-refractivity contribution in [3.63, 3.8) is 0 Å². The van der Waals surface area contributed by atoms with Crippen molar-refractivity contribution in [1.29, 1.82) is 5.26 Å².